The van der Waals surface area contributed by atoms with Gasteiger partial charge in [0.15, 0.2) is 5.67 Å². The molecule has 3 nitrogen and oxygen atoms in total. The largest absolute Gasteiger partial charge is 0.460 e. The van der Waals surface area contributed by atoms with Crippen LogP contribution in [0.3, 0.4) is 0 Å². The molecule has 0 bridgehead atoms. The summed E-state index contributed by atoms with van der Waals surface area (Å²) >= 11 is 0. The van der Waals surface area contributed by atoms with Gasteiger partial charge >= 0.3 is 167 Å². The smallest absolute Gasteiger partial charge is 0.245 e. The van der Waals surface area contributed by atoms with E-state index in [-0.39, 0.29) is 0 Å². The molecular weight excluding hydrogens is 1770 g/mol. The van der Waals surface area contributed by atoms with Crippen LogP contribution in [0.25, 0.3) is 22.8 Å². The Morgan fingerprint density at radius 3 is 0.532 bits per heavy atom. The molecule has 0 amide bonds. The average molecular weight is 1780 g/mol. The van der Waals surface area contributed by atoms with Gasteiger partial charge in [-0.3, -0.25) is 0 Å². The number of alkyl halides is 62. The van der Waals surface area contributed by atoms with Crippen LogP contribution in [0.2, 0.25) is 0 Å². The monoisotopic (exact) mass is 1780 g/mol. The molecule has 0 N–H and O–H groups in total. The maximum atomic E-state index is 16.6. The van der Waals surface area contributed by atoms with Crippen molar-refractivity contribution >= 4 is 0 Å². The van der Waals surface area contributed by atoms with Crippen LogP contribution in [-0.2, 0) is 29.6 Å². The molecule has 0 aliphatic heterocycles. The minimum Gasteiger partial charge on any atom is -0.245 e. The first-order valence-corrected chi connectivity index (χ1v) is 25.2. The molecule has 0 aliphatic rings. The molecule has 1 atom stereocenters. The van der Waals surface area contributed by atoms with E-state index in [1.807, 2.05) is 0 Å². The second-order valence-corrected chi connectivity index (χ2v) is 22.1. The summed E-state index contributed by atoms with van der Waals surface area (Å²) in [6, 6.07) is -15.7. The lowest BCUT2D eigenvalue weighted by Gasteiger charge is -2.40. The Kier molecular flexibility index (Phi) is 22.9. The maximum Gasteiger partial charge on any atom is 0.460 e. The third-order valence-corrected chi connectivity index (χ3v) is 14.5. The van der Waals surface area contributed by atoms with Crippen LogP contribution in [0.1, 0.15) is 41.4 Å². The molecule has 0 saturated carbocycles. The number of halogens is 62. The summed E-state index contributed by atoms with van der Waals surface area (Å²) in [4.78, 5) is 4.19. The Morgan fingerprint density at radius 1 is 0.180 bits per heavy atom. The minimum atomic E-state index is -9.75. The van der Waals surface area contributed by atoms with Crippen molar-refractivity contribution in [2.24, 2.45) is 0 Å². The predicted molar refractivity (Wildman–Crippen MR) is 224 cm³/mol. The Labute approximate surface area is 561 Å². The third-order valence-electron chi connectivity index (χ3n) is 14.5. The van der Waals surface area contributed by atoms with Crippen molar-refractivity contribution in [2.45, 2.75) is 186 Å². The summed E-state index contributed by atoms with van der Waals surface area (Å²) in [7, 11) is 0. The zero-order valence-corrected chi connectivity index (χ0v) is 48.9. The highest BCUT2D eigenvalue weighted by Gasteiger charge is 2.96. The quantitative estimate of drug-likeness (QED) is 0.0714. The summed E-state index contributed by atoms with van der Waals surface area (Å²) in [5, 5.41) is 0. The molecule has 111 heavy (non-hydrogen) atoms. The van der Waals surface area contributed by atoms with Gasteiger partial charge in [0.1, 0.15) is 11.4 Å². The summed E-state index contributed by atoms with van der Waals surface area (Å²) in [6.45, 7) is -1.79. The van der Waals surface area contributed by atoms with E-state index in [9.17, 15) is 189 Å². The molecule has 0 saturated heterocycles. The summed E-state index contributed by atoms with van der Waals surface area (Å²) in [5.41, 5.74) is -48.9. The Balaban J connectivity index is 3.22. The SMILES string of the molecule is CC(F)(CC(F)(F)C(F)(F)C(F)(F)F)C(F)(F)c1cc(-c2cc(C(F)(F)C(F)(F)C(F)(F)C(F)(F)C(F)(F)C(F)(F)F)cc(C(F)(F)C(F)(F)C(F)(F)C(F)(F)C(F)(F)C(F)(F)F)n2)nc(-c2cc(C(F)(F)C(F)(F)C(F)(F)C(F)(F)C(F)(F)C(F)(F)F)cc(C(F)(F)C(F)(F)C(F)(F)C(F)(F)C(F)(F)C(F)(F)F)n2)c1. The molecule has 3 aromatic heterocycles. The van der Waals surface area contributed by atoms with Crippen molar-refractivity contribution < 1.29 is 272 Å². The zero-order valence-electron chi connectivity index (χ0n) is 48.9. The van der Waals surface area contributed by atoms with Crippen molar-refractivity contribution in [1.82, 2.24) is 15.0 Å². The van der Waals surface area contributed by atoms with Gasteiger partial charge in [-0.25, -0.2) is 19.3 Å². The van der Waals surface area contributed by atoms with E-state index in [1.54, 1.807) is 4.98 Å². The maximum absolute atomic E-state index is 16.6. The molecular formula is C46H11F62N3. The fourth-order valence-electron chi connectivity index (χ4n) is 7.89. The van der Waals surface area contributed by atoms with Gasteiger partial charge in [0.2, 0.25) is 0 Å². The van der Waals surface area contributed by atoms with E-state index in [2.05, 4.69) is 0 Å². The minimum absolute atomic E-state index is 1.22. The Morgan fingerprint density at radius 2 is 0.342 bits per heavy atom. The van der Waals surface area contributed by atoms with Crippen LogP contribution in [0.15, 0.2) is 36.4 Å². The fourth-order valence-corrected chi connectivity index (χ4v) is 7.89. The Hall–Kier alpha value is -6.89. The highest BCUT2D eigenvalue weighted by Crippen LogP contribution is 2.69. The Bertz CT molecular complexity index is 3500. The van der Waals surface area contributed by atoms with Gasteiger partial charge in [0.25, 0.3) is 0 Å². The molecule has 0 aliphatic carbocycles. The second kappa shape index (κ2) is 25.8. The predicted octanol–water partition coefficient (Wildman–Crippen LogP) is 24.0. The topological polar surface area (TPSA) is 38.7 Å². The molecule has 3 aromatic rings. The van der Waals surface area contributed by atoms with Gasteiger partial charge in [-0.1, -0.05) is 0 Å². The number of hydrogen-bond acceptors (Lipinski definition) is 3. The van der Waals surface area contributed by atoms with E-state index < -0.39 is 273 Å². The van der Waals surface area contributed by atoms with Crippen LogP contribution in [0.4, 0.5) is 272 Å². The second-order valence-electron chi connectivity index (χ2n) is 22.1. The first kappa shape index (κ1) is 98.3. The molecule has 3 rings (SSSR count). The molecule has 644 valence electrons. The van der Waals surface area contributed by atoms with Crippen LogP contribution >= 0.6 is 0 Å². The van der Waals surface area contributed by atoms with Gasteiger partial charge < -0.3 is 0 Å². The average Bonchev–Trinajstić information content (AvgIpc) is 0.707. The number of nitrogens with zero attached hydrogens (tertiary/aromatic N) is 3. The van der Waals surface area contributed by atoms with Crippen molar-refractivity contribution in [2.75, 3.05) is 0 Å². The van der Waals surface area contributed by atoms with Crippen molar-refractivity contribution in [3.05, 3.63) is 64.5 Å². The number of rotatable bonds is 27. The van der Waals surface area contributed by atoms with E-state index in [0.29, 0.717) is 0 Å². The molecule has 0 aromatic carbocycles. The van der Waals surface area contributed by atoms with Crippen LogP contribution < -0.4 is 0 Å². The first-order valence-electron chi connectivity index (χ1n) is 25.2. The van der Waals surface area contributed by atoms with E-state index in [0.717, 1.165) is 0 Å². The number of aromatic nitrogens is 3. The van der Waals surface area contributed by atoms with E-state index in [4.69, 9.17) is 0 Å². The lowest BCUT2D eigenvalue weighted by Crippen LogP contribution is -2.69. The van der Waals surface area contributed by atoms with Gasteiger partial charge in [-0.2, -0.15) is 268 Å². The molecule has 0 radical (unpaired) electrons. The molecule has 1 unspecified atom stereocenters. The van der Waals surface area contributed by atoms with Crippen molar-refractivity contribution in [3.8, 4) is 22.8 Å². The van der Waals surface area contributed by atoms with Crippen LogP contribution in [0, 0.1) is 0 Å². The third kappa shape index (κ3) is 13.4. The summed E-state index contributed by atoms with van der Waals surface area (Å²) in [6.07, 6.45) is -47.7. The van der Waals surface area contributed by atoms with Gasteiger partial charge in [0, 0.05) is 16.7 Å². The highest BCUT2D eigenvalue weighted by atomic mass is 19.5. The zero-order chi connectivity index (χ0) is 89.8. The highest BCUT2D eigenvalue weighted by molar-refractivity contribution is 5.66. The molecule has 0 spiro atoms. The van der Waals surface area contributed by atoms with Crippen molar-refractivity contribution in [3.63, 3.8) is 0 Å². The summed E-state index contributed by atoms with van der Waals surface area (Å²) < 4.78 is 894. The van der Waals surface area contributed by atoms with E-state index >= 15 is 83.4 Å². The first-order chi connectivity index (χ1) is 47.4. The van der Waals surface area contributed by atoms with Gasteiger partial charge in [-0.15, -0.1) is 0 Å². The normalized spacial score (nSPS) is 16.9. The van der Waals surface area contributed by atoms with Crippen molar-refractivity contribution in [1.29, 1.82) is 0 Å². The fraction of sp³-hybridized carbons (Fsp3) is 0.674. The lowest BCUT2D eigenvalue weighted by molar-refractivity contribution is -0.442. The van der Waals surface area contributed by atoms with Gasteiger partial charge in [0.05, 0.1) is 29.2 Å². The number of pyridine rings is 3. The summed E-state index contributed by atoms with van der Waals surface area (Å²) in [5.74, 6) is -213. The standard InChI is InChI=1S/C46H11F62N3/c1-18(47,8-19(48,49)25(60,61)42(94,95)96)20(50,51)9-2-12(14-4-10(21(52,53)26(62,63)30(70,71)34(78,79)38(86,87)43(97,98)99)6-16(110-14)23(56,57)28(66,67)32(74,75)36(82,83)40(90,91)45(103,104)105)109-13(3-9)15-5-11(22(54,55)27(64,65)31(72,73)35(80,81)39(88,89)44(100,101)102)7-17(111-15)24(58,59)29(68,69)33(76,77)37(84,85)41(92,93)46(106,107)108/h2-7H,8H2,1H3. The van der Waals surface area contributed by atoms with Gasteiger partial charge in [-0.05, 0) is 43.3 Å². The van der Waals surface area contributed by atoms with E-state index in [1.165, 1.54) is 9.97 Å². The van der Waals surface area contributed by atoms with Crippen LogP contribution in [0.5, 0.6) is 0 Å². The molecule has 65 heteroatoms. The molecule has 3 heterocycles. The number of hydrogen-bond donors (Lipinski definition) is 0. The molecule has 0 fully saturated rings. The lowest BCUT2D eigenvalue weighted by atomic mass is 9.85. The van der Waals surface area contributed by atoms with Crippen LogP contribution in [-0.4, -0.2) is 158 Å².